The summed E-state index contributed by atoms with van der Waals surface area (Å²) in [6.45, 7) is -0.527. The second kappa shape index (κ2) is 9.76. The first-order valence-corrected chi connectivity index (χ1v) is 9.29. The van der Waals surface area contributed by atoms with Gasteiger partial charge in [-0.05, 0) is 11.6 Å². The number of hydrogen-bond donors (Lipinski definition) is 4. The molecule has 2 aromatic carbocycles. The number of aliphatic hydroxyl groups excluding tert-OH is 3. The van der Waals surface area contributed by atoms with Crippen LogP contribution in [-0.2, 0) is 16.1 Å². The van der Waals surface area contributed by atoms with Crippen LogP contribution in [0.15, 0.2) is 48.5 Å². The predicted molar refractivity (Wildman–Crippen MR) is 106 cm³/mol. The molecule has 1 heterocycles. The summed E-state index contributed by atoms with van der Waals surface area (Å²) >= 11 is 0. The van der Waals surface area contributed by atoms with Crippen LogP contribution in [-0.4, -0.2) is 62.4 Å². The molecule has 1 aliphatic heterocycles. The Bertz CT molecular complexity index is 927. The van der Waals surface area contributed by atoms with Crippen LogP contribution in [0.25, 0.3) is 0 Å². The second-order valence-corrected chi connectivity index (χ2v) is 6.89. The van der Waals surface area contributed by atoms with Gasteiger partial charge in [-0.15, -0.1) is 0 Å². The Morgan fingerprint density at radius 3 is 2.35 bits per heavy atom. The first kappa shape index (κ1) is 22.5. The van der Waals surface area contributed by atoms with Crippen LogP contribution in [0.1, 0.15) is 5.56 Å². The van der Waals surface area contributed by atoms with Crippen LogP contribution < -0.4 is 5.32 Å². The zero-order valence-electron chi connectivity index (χ0n) is 16.1. The van der Waals surface area contributed by atoms with Crippen molar-refractivity contribution in [1.29, 1.82) is 0 Å². The highest BCUT2D eigenvalue weighted by atomic mass is 16.7. The van der Waals surface area contributed by atoms with Crippen molar-refractivity contribution in [3.63, 3.8) is 0 Å². The van der Waals surface area contributed by atoms with Crippen molar-refractivity contribution in [3.05, 3.63) is 74.3 Å². The average molecular weight is 435 g/mol. The fourth-order valence-corrected chi connectivity index (χ4v) is 3.22. The lowest BCUT2D eigenvalue weighted by Gasteiger charge is -2.42. The average Bonchev–Trinajstić information content (AvgIpc) is 2.77. The van der Waals surface area contributed by atoms with Crippen LogP contribution in [0, 0.1) is 20.2 Å². The summed E-state index contributed by atoms with van der Waals surface area (Å²) in [7, 11) is 0. The van der Waals surface area contributed by atoms with Crippen LogP contribution >= 0.6 is 0 Å². The van der Waals surface area contributed by atoms with Crippen LogP contribution in [0.2, 0.25) is 0 Å². The van der Waals surface area contributed by atoms with E-state index in [-0.39, 0.29) is 12.3 Å². The van der Waals surface area contributed by atoms with Gasteiger partial charge in [-0.1, -0.05) is 30.3 Å². The van der Waals surface area contributed by atoms with E-state index >= 15 is 0 Å². The van der Waals surface area contributed by atoms with Gasteiger partial charge < -0.3 is 30.1 Å². The number of nitro benzene ring substituents is 2. The molecule has 0 aromatic heterocycles. The Morgan fingerprint density at radius 2 is 1.74 bits per heavy atom. The molecule has 12 heteroatoms. The van der Waals surface area contributed by atoms with Gasteiger partial charge >= 0.3 is 0 Å². The van der Waals surface area contributed by atoms with Crippen molar-refractivity contribution in [2.45, 2.75) is 37.3 Å². The van der Waals surface area contributed by atoms with Crippen molar-refractivity contribution in [3.8, 4) is 0 Å². The fraction of sp³-hybridized carbons (Fsp3) is 0.368. The van der Waals surface area contributed by atoms with Gasteiger partial charge in [0.2, 0.25) is 0 Å². The lowest BCUT2D eigenvalue weighted by molar-refractivity contribution is -0.393. The number of hydrogen-bond acceptors (Lipinski definition) is 10. The number of rotatable bonds is 8. The number of nitro groups is 2. The minimum atomic E-state index is -1.53. The zero-order valence-corrected chi connectivity index (χ0v) is 16.1. The molecule has 1 fully saturated rings. The third-order valence-corrected chi connectivity index (χ3v) is 4.85. The van der Waals surface area contributed by atoms with Crippen molar-refractivity contribution < 1.29 is 34.6 Å². The SMILES string of the molecule is O=[N+]([O-])c1ccc(N[C@@H]2[C@H](OCc3ccccc3)O[C@@H](CO)[C@@H](O)[C@H]2O)c([N+](=O)[O-])c1. The smallest absolute Gasteiger partial charge is 0.299 e. The Labute approximate surface area is 176 Å². The van der Waals surface area contributed by atoms with E-state index in [0.29, 0.717) is 0 Å². The van der Waals surface area contributed by atoms with Crippen molar-refractivity contribution >= 4 is 17.1 Å². The van der Waals surface area contributed by atoms with Crippen molar-refractivity contribution in [2.24, 2.45) is 0 Å². The van der Waals surface area contributed by atoms with Gasteiger partial charge in [-0.3, -0.25) is 20.2 Å². The minimum Gasteiger partial charge on any atom is -0.394 e. The number of anilines is 1. The molecule has 0 aliphatic carbocycles. The minimum absolute atomic E-state index is 0.0625. The molecular formula is C19H21N3O9. The quantitative estimate of drug-likeness (QED) is 0.344. The molecule has 0 unspecified atom stereocenters. The molecule has 166 valence electrons. The maximum Gasteiger partial charge on any atom is 0.299 e. The van der Waals surface area contributed by atoms with Crippen LogP contribution in [0.3, 0.4) is 0 Å². The largest absolute Gasteiger partial charge is 0.394 e. The summed E-state index contributed by atoms with van der Waals surface area (Å²) in [6.07, 6.45) is -5.37. The van der Waals surface area contributed by atoms with Gasteiger partial charge in [0.25, 0.3) is 11.4 Å². The first-order chi connectivity index (χ1) is 14.8. The molecule has 0 bridgehead atoms. The Hall–Kier alpha value is -3.16. The molecule has 12 nitrogen and oxygen atoms in total. The molecule has 0 radical (unpaired) electrons. The summed E-state index contributed by atoms with van der Waals surface area (Å²) in [5, 5.41) is 55.3. The van der Waals surface area contributed by atoms with Crippen molar-refractivity contribution in [1.82, 2.24) is 0 Å². The number of benzene rings is 2. The van der Waals surface area contributed by atoms with E-state index < -0.39 is 58.5 Å². The summed E-state index contributed by atoms with van der Waals surface area (Å²) < 4.78 is 11.3. The molecular weight excluding hydrogens is 414 g/mol. The molecule has 31 heavy (non-hydrogen) atoms. The van der Waals surface area contributed by atoms with Gasteiger partial charge in [0.15, 0.2) is 6.29 Å². The second-order valence-electron chi connectivity index (χ2n) is 6.89. The van der Waals surface area contributed by atoms with E-state index in [1.165, 1.54) is 0 Å². The number of non-ortho nitro benzene ring substituents is 1. The number of aliphatic hydroxyl groups is 3. The highest BCUT2D eigenvalue weighted by Gasteiger charge is 2.45. The van der Waals surface area contributed by atoms with E-state index in [4.69, 9.17) is 9.47 Å². The van der Waals surface area contributed by atoms with E-state index in [2.05, 4.69) is 5.32 Å². The Kier molecular flexibility index (Phi) is 7.09. The van der Waals surface area contributed by atoms with Gasteiger partial charge in [0.05, 0.1) is 29.1 Å². The van der Waals surface area contributed by atoms with Crippen LogP contribution in [0.4, 0.5) is 17.1 Å². The highest BCUT2D eigenvalue weighted by Crippen LogP contribution is 2.32. The molecule has 4 N–H and O–H groups in total. The van der Waals surface area contributed by atoms with E-state index in [1.807, 2.05) is 6.07 Å². The number of nitrogens with zero attached hydrogens (tertiary/aromatic N) is 2. The lowest BCUT2D eigenvalue weighted by Crippen LogP contribution is -2.61. The molecule has 3 rings (SSSR count). The first-order valence-electron chi connectivity index (χ1n) is 9.29. The number of ether oxygens (including phenoxy) is 2. The molecule has 0 amide bonds. The van der Waals surface area contributed by atoms with Crippen LogP contribution in [0.5, 0.6) is 0 Å². The number of nitrogens with one attached hydrogen (secondary N) is 1. The standard InChI is InChI=1S/C19H21N3O9/c23-9-15-17(24)18(25)16(19(31-15)30-10-11-4-2-1-3-5-11)20-13-7-6-12(21(26)27)8-14(13)22(28)29/h1-8,15-20,23-25H,9-10H2/t15-,16-,17+,18-,19+/m0/s1. The topological polar surface area (TPSA) is 177 Å². The summed E-state index contributed by atoms with van der Waals surface area (Å²) in [4.78, 5) is 20.8. The predicted octanol–water partition coefficient (Wildman–Crippen LogP) is 0.939. The van der Waals surface area contributed by atoms with Gasteiger partial charge in [-0.25, -0.2) is 0 Å². The van der Waals surface area contributed by atoms with E-state index in [9.17, 15) is 35.5 Å². The van der Waals surface area contributed by atoms with Gasteiger partial charge in [0, 0.05) is 6.07 Å². The van der Waals surface area contributed by atoms with Crippen molar-refractivity contribution in [2.75, 3.05) is 11.9 Å². The molecule has 5 atom stereocenters. The summed E-state index contributed by atoms with van der Waals surface area (Å²) in [5.41, 5.74) is -0.421. The molecule has 1 saturated heterocycles. The monoisotopic (exact) mass is 435 g/mol. The maximum atomic E-state index is 11.4. The fourth-order valence-electron chi connectivity index (χ4n) is 3.22. The maximum absolute atomic E-state index is 11.4. The normalized spacial score (nSPS) is 25.7. The van der Waals surface area contributed by atoms with E-state index in [1.54, 1.807) is 24.3 Å². The van der Waals surface area contributed by atoms with Gasteiger partial charge in [-0.2, -0.15) is 0 Å². The summed E-state index contributed by atoms with van der Waals surface area (Å²) in [6, 6.07) is 10.8. The van der Waals surface area contributed by atoms with Gasteiger partial charge in [0.1, 0.15) is 30.0 Å². The Morgan fingerprint density at radius 1 is 1.03 bits per heavy atom. The molecule has 1 aliphatic rings. The third kappa shape index (κ3) is 5.13. The lowest BCUT2D eigenvalue weighted by atomic mass is 9.96. The molecule has 0 saturated carbocycles. The Balaban J connectivity index is 1.87. The third-order valence-electron chi connectivity index (χ3n) is 4.85. The molecule has 0 spiro atoms. The van der Waals surface area contributed by atoms with E-state index in [0.717, 1.165) is 23.8 Å². The zero-order chi connectivity index (χ0) is 22.5. The highest BCUT2D eigenvalue weighted by molar-refractivity contribution is 5.65. The molecule has 2 aromatic rings. The summed E-state index contributed by atoms with van der Waals surface area (Å²) in [5.74, 6) is 0.